The first kappa shape index (κ1) is 13.4. The lowest BCUT2D eigenvalue weighted by molar-refractivity contribution is 0.132. The van der Waals surface area contributed by atoms with Crippen LogP contribution in [0.15, 0.2) is 30.3 Å². The van der Waals surface area contributed by atoms with Gasteiger partial charge in [0.25, 0.3) is 0 Å². The molecule has 1 aliphatic rings. The van der Waals surface area contributed by atoms with Crippen LogP contribution >= 0.6 is 0 Å². The predicted molar refractivity (Wildman–Crippen MR) is 79.0 cm³/mol. The van der Waals surface area contributed by atoms with Crippen molar-refractivity contribution in [2.24, 2.45) is 5.41 Å². The van der Waals surface area contributed by atoms with E-state index in [9.17, 15) is 0 Å². The Balaban J connectivity index is 1.59. The fraction of sp³-hybridized carbons (Fsp3) is 0.625. The summed E-state index contributed by atoms with van der Waals surface area (Å²) in [7, 11) is 0. The highest BCUT2D eigenvalue weighted by Gasteiger charge is 2.24. The number of nitrogens with one attached hydrogen (secondary N) is 1. The molecule has 0 amide bonds. The van der Waals surface area contributed by atoms with Gasteiger partial charge in [-0.05, 0) is 56.4 Å². The van der Waals surface area contributed by atoms with Crippen molar-refractivity contribution in [3.05, 3.63) is 30.3 Å². The van der Waals surface area contributed by atoms with Crippen LogP contribution in [0.25, 0.3) is 0 Å². The third-order valence-electron chi connectivity index (χ3n) is 3.96. The number of para-hydroxylation sites is 1. The molecule has 1 N–H and O–H groups in total. The Kier molecular flexibility index (Phi) is 4.65. The monoisotopic (exact) mass is 246 g/mol. The molecule has 18 heavy (non-hydrogen) atoms. The molecule has 0 bridgehead atoms. The van der Waals surface area contributed by atoms with Crippen LogP contribution in [-0.2, 0) is 0 Å². The molecule has 1 aromatic carbocycles. The van der Waals surface area contributed by atoms with Crippen LogP contribution < -0.4 is 5.32 Å². The van der Waals surface area contributed by atoms with Crippen molar-refractivity contribution in [1.29, 1.82) is 0 Å². The first-order valence-electron chi connectivity index (χ1n) is 7.17. The average Bonchev–Trinajstić information content (AvgIpc) is 2.37. The van der Waals surface area contributed by atoms with Crippen LogP contribution in [0, 0.1) is 5.41 Å². The van der Waals surface area contributed by atoms with Crippen LogP contribution in [0.2, 0.25) is 0 Å². The SMILES string of the molecule is CC1(C)CCN(CCCNc2ccccc2)CC1. The quantitative estimate of drug-likeness (QED) is 0.798. The lowest BCUT2D eigenvalue weighted by Gasteiger charge is -2.36. The zero-order valence-electron chi connectivity index (χ0n) is 11.8. The maximum Gasteiger partial charge on any atom is 0.0340 e. The molecule has 2 heteroatoms. The van der Waals surface area contributed by atoms with Gasteiger partial charge in [-0.3, -0.25) is 0 Å². The van der Waals surface area contributed by atoms with E-state index in [-0.39, 0.29) is 0 Å². The zero-order chi connectivity index (χ0) is 12.8. The van der Waals surface area contributed by atoms with E-state index in [1.807, 2.05) is 0 Å². The number of anilines is 1. The van der Waals surface area contributed by atoms with Crippen molar-refractivity contribution in [3.63, 3.8) is 0 Å². The maximum atomic E-state index is 3.47. The minimum atomic E-state index is 0.568. The molecule has 100 valence electrons. The van der Waals surface area contributed by atoms with Gasteiger partial charge in [-0.2, -0.15) is 0 Å². The molecule has 0 unspecified atom stereocenters. The van der Waals surface area contributed by atoms with Gasteiger partial charge >= 0.3 is 0 Å². The van der Waals surface area contributed by atoms with E-state index in [4.69, 9.17) is 0 Å². The normalized spacial score (nSPS) is 19.7. The van der Waals surface area contributed by atoms with Gasteiger partial charge in [0.15, 0.2) is 0 Å². The van der Waals surface area contributed by atoms with E-state index < -0.39 is 0 Å². The summed E-state index contributed by atoms with van der Waals surface area (Å²) in [5.74, 6) is 0. The van der Waals surface area contributed by atoms with E-state index in [1.165, 1.54) is 44.6 Å². The van der Waals surface area contributed by atoms with Crippen molar-refractivity contribution < 1.29 is 0 Å². The van der Waals surface area contributed by atoms with Gasteiger partial charge < -0.3 is 10.2 Å². The second kappa shape index (κ2) is 6.24. The molecule has 2 rings (SSSR count). The van der Waals surface area contributed by atoms with Crippen molar-refractivity contribution in [3.8, 4) is 0 Å². The van der Waals surface area contributed by atoms with E-state index >= 15 is 0 Å². The Hall–Kier alpha value is -1.02. The Bertz CT molecular complexity index is 335. The number of likely N-dealkylation sites (tertiary alicyclic amines) is 1. The molecular formula is C16H26N2. The molecule has 0 atom stereocenters. The molecule has 0 radical (unpaired) electrons. The molecule has 1 fully saturated rings. The molecule has 0 spiro atoms. The standard InChI is InChI=1S/C16H26N2/c1-16(2)9-13-18(14-10-16)12-6-11-17-15-7-4-3-5-8-15/h3-5,7-8,17H,6,9-14H2,1-2H3. The summed E-state index contributed by atoms with van der Waals surface area (Å²) in [5, 5.41) is 3.47. The first-order valence-corrected chi connectivity index (χ1v) is 7.17. The Morgan fingerprint density at radius 3 is 2.44 bits per heavy atom. The van der Waals surface area contributed by atoms with E-state index in [0.717, 1.165) is 6.54 Å². The number of hydrogen-bond acceptors (Lipinski definition) is 2. The summed E-state index contributed by atoms with van der Waals surface area (Å²) in [6.45, 7) is 9.64. The maximum absolute atomic E-state index is 3.47. The largest absolute Gasteiger partial charge is 0.385 e. The van der Waals surface area contributed by atoms with Gasteiger partial charge in [0.2, 0.25) is 0 Å². The highest BCUT2D eigenvalue weighted by molar-refractivity contribution is 5.42. The molecule has 0 saturated carbocycles. The fourth-order valence-electron chi connectivity index (χ4n) is 2.47. The Labute approximate surface area is 111 Å². The summed E-state index contributed by atoms with van der Waals surface area (Å²) < 4.78 is 0. The van der Waals surface area contributed by atoms with Gasteiger partial charge in [0, 0.05) is 12.2 Å². The zero-order valence-corrected chi connectivity index (χ0v) is 11.8. The van der Waals surface area contributed by atoms with Gasteiger partial charge in [0.1, 0.15) is 0 Å². The lowest BCUT2D eigenvalue weighted by Crippen LogP contribution is -2.38. The fourth-order valence-corrected chi connectivity index (χ4v) is 2.47. The smallest absolute Gasteiger partial charge is 0.0340 e. The lowest BCUT2D eigenvalue weighted by atomic mass is 9.83. The van der Waals surface area contributed by atoms with Crippen LogP contribution in [0.4, 0.5) is 5.69 Å². The minimum absolute atomic E-state index is 0.568. The Morgan fingerprint density at radius 1 is 1.11 bits per heavy atom. The molecular weight excluding hydrogens is 220 g/mol. The van der Waals surface area contributed by atoms with Gasteiger partial charge in [-0.1, -0.05) is 32.0 Å². The number of nitrogens with zero attached hydrogens (tertiary/aromatic N) is 1. The predicted octanol–water partition coefficient (Wildman–Crippen LogP) is 3.61. The van der Waals surface area contributed by atoms with Crippen LogP contribution in [-0.4, -0.2) is 31.1 Å². The van der Waals surface area contributed by atoms with E-state index in [1.54, 1.807) is 0 Å². The van der Waals surface area contributed by atoms with E-state index in [0.29, 0.717) is 5.41 Å². The van der Waals surface area contributed by atoms with Crippen molar-refractivity contribution in [2.75, 3.05) is 31.5 Å². The van der Waals surface area contributed by atoms with Crippen molar-refractivity contribution in [2.45, 2.75) is 33.1 Å². The second-order valence-corrected chi connectivity index (χ2v) is 6.15. The van der Waals surface area contributed by atoms with Crippen LogP contribution in [0.1, 0.15) is 33.1 Å². The average molecular weight is 246 g/mol. The number of piperidine rings is 1. The highest BCUT2D eigenvalue weighted by atomic mass is 15.1. The molecule has 1 aliphatic heterocycles. The third kappa shape index (κ3) is 4.34. The third-order valence-corrected chi connectivity index (χ3v) is 3.96. The van der Waals surface area contributed by atoms with Crippen LogP contribution in [0.5, 0.6) is 0 Å². The number of hydrogen-bond donors (Lipinski definition) is 1. The Morgan fingerprint density at radius 2 is 1.78 bits per heavy atom. The molecule has 0 aromatic heterocycles. The summed E-state index contributed by atoms with van der Waals surface area (Å²) >= 11 is 0. The summed E-state index contributed by atoms with van der Waals surface area (Å²) in [6, 6.07) is 10.5. The molecule has 2 nitrogen and oxygen atoms in total. The van der Waals surface area contributed by atoms with E-state index in [2.05, 4.69) is 54.4 Å². The van der Waals surface area contributed by atoms with Crippen molar-refractivity contribution >= 4 is 5.69 Å². The molecule has 1 aromatic rings. The second-order valence-electron chi connectivity index (χ2n) is 6.15. The van der Waals surface area contributed by atoms with Gasteiger partial charge in [-0.25, -0.2) is 0 Å². The van der Waals surface area contributed by atoms with Crippen LogP contribution in [0.3, 0.4) is 0 Å². The van der Waals surface area contributed by atoms with Gasteiger partial charge in [-0.15, -0.1) is 0 Å². The molecule has 0 aliphatic carbocycles. The minimum Gasteiger partial charge on any atom is -0.385 e. The first-order chi connectivity index (χ1) is 8.66. The number of rotatable bonds is 5. The van der Waals surface area contributed by atoms with Gasteiger partial charge in [0.05, 0.1) is 0 Å². The highest BCUT2D eigenvalue weighted by Crippen LogP contribution is 2.29. The summed E-state index contributed by atoms with van der Waals surface area (Å²) in [4.78, 5) is 2.61. The summed E-state index contributed by atoms with van der Waals surface area (Å²) in [5.41, 5.74) is 1.80. The summed E-state index contributed by atoms with van der Waals surface area (Å²) in [6.07, 6.45) is 3.92. The number of benzene rings is 1. The molecule has 1 heterocycles. The molecule has 1 saturated heterocycles. The van der Waals surface area contributed by atoms with Crippen molar-refractivity contribution in [1.82, 2.24) is 4.90 Å². The topological polar surface area (TPSA) is 15.3 Å².